The normalized spacial score (nSPS) is 16.4. The molecule has 0 aliphatic carbocycles. The molecule has 0 aromatic heterocycles. The lowest BCUT2D eigenvalue weighted by molar-refractivity contribution is -0.142. The van der Waals surface area contributed by atoms with E-state index in [0.29, 0.717) is 24.2 Å². The molecule has 0 spiro atoms. The molecule has 1 fully saturated rings. The zero-order valence-corrected chi connectivity index (χ0v) is 21.2. The van der Waals surface area contributed by atoms with Crippen LogP contribution in [0.1, 0.15) is 18.4 Å². The van der Waals surface area contributed by atoms with E-state index >= 15 is 0 Å². The maximum absolute atomic E-state index is 13.0. The highest BCUT2D eigenvalue weighted by atomic mass is 32.2. The number of nitrogens with two attached hydrogens (primary N) is 1. The first-order valence-corrected chi connectivity index (χ1v) is 13.2. The van der Waals surface area contributed by atoms with Gasteiger partial charge in [0.05, 0.1) is 11.5 Å². The Morgan fingerprint density at radius 3 is 2.45 bits per heavy atom. The summed E-state index contributed by atoms with van der Waals surface area (Å²) in [7, 11) is -4.03. The van der Waals surface area contributed by atoms with Crippen LogP contribution < -0.4 is 21.7 Å². The third kappa shape index (κ3) is 7.74. The smallest absolute Gasteiger partial charge is 0.326 e. The third-order valence-electron chi connectivity index (χ3n) is 5.68. The second kappa shape index (κ2) is 13.0. The molecule has 2 amide bonds. The lowest BCUT2D eigenvalue weighted by Gasteiger charge is -2.23. The Morgan fingerprint density at radius 1 is 1.13 bits per heavy atom. The van der Waals surface area contributed by atoms with Crippen LogP contribution >= 0.6 is 0 Å². The van der Waals surface area contributed by atoms with Crippen molar-refractivity contribution in [2.75, 3.05) is 25.2 Å². The number of carboxylic acid groups (broad SMARTS) is 1. The largest absolute Gasteiger partial charge is 0.480 e. The summed E-state index contributed by atoms with van der Waals surface area (Å²) in [5.74, 6) is -2.46. The predicted octanol–water partition coefficient (Wildman–Crippen LogP) is 0.0475. The summed E-state index contributed by atoms with van der Waals surface area (Å²) in [6, 6.07) is 11.5. The van der Waals surface area contributed by atoms with E-state index in [-0.39, 0.29) is 42.9 Å². The number of rotatable bonds is 12. The van der Waals surface area contributed by atoms with E-state index in [2.05, 4.69) is 16.0 Å². The van der Waals surface area contributed by atoms with Gasteiger partial charge < -0.3 is 31.5 Å². The first-order valence-electron chi connectivity index (χ1n) is 11.7. The zero-order chi connectivity index (χ0) is 27.7. The van der Waals surface area contributed by atoms with Gasteiger partial charge in [-0.3, -0.25) is 15.0 Å². The molecule has 0 unspecified atom stereocenters. The van der Waals surface area contributed by atoms with Crippen molar-refractivity contribution >= 4 is 39.5 Å². The number of benzene rings is 2. The molecular formula is C24H30N6O7S. The minimum Gasteiger partial charge on any atom is -0.480 e. The summed E-state index contributed by atoms with van der Waals surface area (Å²) in [6.07, 6.45) is 0.641. The van der Waals surface area contributed by atoms with E-state index < -0.39 is 34.0 Å². The molecule has 0 saturated carbocycles. The number of carbonyl (C=O) groups is 3. The van der Waals surface area contributed by atoms with Gasteiger partial charge in [-0.15, -0.1) is 0 Å². The lowest BCUT2D eigenvalue weighted by atomic mass is 10.0. The number of amides is 2. The number of sulfonamides is 1. The van der Waals surface area contributed by atoms with Crippen molar-refractivity contribution < 1.29 is 32.6 Å². The van der Waals surface area contributed by atoms with Crippen LogP contribution in [0.25, 0.3) is 0 Å². The Kier molecular flexibility index (Phi) is 9.76. The molecule has 1 saturated heterocycles. The highest BCUT2D eigenvalue weighted by Gasteiger charge is 2.41. The van der Waals surface area contributed by atoms with Gasteiger partial charge in [0.25, 0.3) is 0 Å². The number of carbonyl (C=O) groups excluding carboxylic acids is 2. The van der Waals surface area contributed by atoms with E-state index in [9.17, 15) is 27.9 Å². The number of ether oxygens (including phenoxy) is 1. The number of hydrogen-bond acceptors (Lipinski definition) is 7. The van der Waals surface area contributed by atoms with Crippen LogP contribution in [0.2, 0.25) is 0 Å². The molecule has 204 valence electrons. The highest BCUT2D eigenvalue weighted by Crippen LogP contribution is 2.22. The molecule has 3 rings (SSSR count). The monoisotopic (exact) mass is 546 g/mol. The molecule has 0 bridgehead atoms. The van der Waals surface area contributed by atoms with E-state index in [0.717, 1.165) is 4.31 Å². The average Bonchev–Trinajstić information content (AvgIpc) is 3.39. The third-order valence-corrected chi connectivity index (χ3v) is 7.53. The van der Waals surface area contributed by atoms with Crippen molar-refractivity contribution in [2.24, 2.45) is 5.73 Å². The van der Waals surface area contributed by atoms with Crippen molar-refractivity contribution in [3.05, 3.63) is 60.2 Å². The number of guanidine groups is 1. The predicted molar refractivity (Wildman–Crippen MR) is 138 cm³/mol. The van der Waals surface area contributed by atoms with Crippen molar-refractivity contribution in [2.45, 2.75) is 36.2 Å². The summed E-state index contributed by atoms with van der Waals surface area (Å²) in [5, 5.41) is 24.5. The second-order valence-electron chi connectivity index (χ2n) is 8.51. The van der Waals surface area contributed by atoms with Crippen molar-refractivity contribution in [3.8, 4) is 0 Å². The topological polar surface area (TPSA) is 204 Å². The average molecular weight is 547 g/mol. The van der Waals surface area contributed by atoms with E-state index in [1.165, 1.54) is 12.1 Å². The first kappa shape index (κ1) is 28.6. The van der Waals surface area contributed by atoms with Crippen LogP contribution in [0.4, 0.5) is 5.69 Å². The van der Waals surface area contributed by atoms with Gasteiger partial charge in [0, 0.05) is 25.1 Å². The number of anilines is 1. The van der Waals surface area contributed by atoms with Crippen molar-refractivity contribution in [1.29, 1.82) is 5.41 Å². The van der Waals surface area contributed by atoms with Crippen LogP contribution in [0.15, 0.2) is 59.5 Å². The highest BCUT2D eigenvalue weighted by molar-refractivity contribution is 7.89. The van der Waals surface area contributed by atoms with Crippen LogP contribution in [0.5, 0.6) is 0 Å². The van der Waals surface area contributed by atoms with E-state index in [1.54, 1.807) is 42.5 Å². The van der Waals surface area contributed by atoms with Crippen LogP contribution in [-0.2, 0) is 35.6 Å². The molecule has 14 heteroatoms. The number of aliphatic carboxylic acids is 1. The van der Waals surface area contributed by atoms with E-state index in [1.807, 2.05) is 0 Å². The summed E-state index contributed by atoms with van der Waals surface area (Å²) in [4.78, 5) is 36.8. The number of nitrogens with zero attached hydrogens (tertiary/aromatic N) is 1. The van der Waals surface area contributed by atoms with Gasteiger partial charge in [-0.2, -0.15) is 4.31 Å². The van der Waals surface area contributed by atoms with Gasteiger partial charge in [-0.25, -0.2) is 13.2 Å². The summed E-state index contributed by atoms with van der Waals surface area (Å²) < 4.78 is 32.1. The minimum absolute atomic E-state index is 0.00186. The maximum atomic E-state index is 13.0. The number of hydrogen-bond donors (Lipinski definition) is 6. The molecule has 2 aromatic carbocycles. The van der Waals surface area contributed by atoms with Crippen LogP contribution in [0.3, 0.4) is 0 Å². The number of nitrogens with one attached hydrogen (secondary N) is 4. The molecule has 2 atom stereocenters. The fourth-order valence-electron chi connectivity index (χ4n) is 3.72. The molecule has 2 aromatic rings. The standard InChI is InChI=1S/C24H30N6O7S/c25-24(26)27-12-4-7-21(31)28-17-10-8-16(9-11-17)13-19(23(33)34)29-22(32)20-14-37-15-30(20)38(35,36)18-5-2-1-3-6-18/h1-3,5-6,8-11,19-20H,4,7,12-15H2,(H,28,31)(H,29,32)(H,33,34)(H4,25,26,27)/t19-,20-/m0/s1. The van der Waals surface area contributed by atoms with Gasteiger partial charge in [0.1, 0.15) is 18.8 Å². The Labute approximate surface area is 219 Å². The van der Waals surface area contributed by atoms with Gasteiger partial charge in [0.15, 0.2) is 5.96 Å². The van der Waals surface area contributed by atoms with Gasteiger partial charge >= 0.3 is 5.97 Å². The lowest BCUT2D eigenvalue weighted by Crippen LogP contribution is -2.52. The van der Waals surface area contributed by atoms with Crippen LogP contribution in [-0.4, -0.2) is 73.5 Å². The van der Waals surface area contributed by atoms with Crippen molar-refractivity contribution in [1.82, 2.24) is 14.9 Å². The molecular weight excluding hydrogens is 516 g/mol. The van der Waals surface area contributed by atoms with Crippen LogP contribution in [0, 0.1) is 5.41 Å². The maximum Gasteiger partial charge on any atom is 0.326 e. The summed E-state index contributed by atoms with van der Waals surface area (Å²) in [5.41, 5.74) is 6.28. The fraction of sp³-hybridized carbons (Fsp3) is 0.333. The molecule has 1 heterocycles. The molecule has 0 radical (unpaired) electrons. The summed E-state index contributed by atoms with van der Waals surface area (Å²) in [6.45, 7) is -0.135. The molecule has 13 nitrogen and oxygen atoms in total. The Hall–Kier alpha value is -4.01. The van der Waals surface area contributed by atoms with Gasteiger partial charge in [0.2, 0.25) is 21.8 Å². The minimum atomic E-state index is -4.03. The summed E-state index contributed by atoms with van der Waals surface area (Å²) >= 11 is 0. The first-order chi connectivity index (χ1) is 18.1. The quantitative estimate of drug-likeness (QED) is 0.121. The molecule has 7 N–H and O–H groups in total. The fourth-order valence-corrected chi connectivity index (χ4v) is 5.20. The second-order valence-corrected chi connectivity index (χ2v) is 10.4. The molecule has 1 aliphatic heterocycles. The molecule has 38 heavy (non-hydrogen) atoms. The number of carboxylic acids is 1. The van der Waals surface area contributed by atoms with E-state index in [4.69, 9.17) is 15.9 Å². The Morgan fingerprint density at radius 2 is 1.82 bits per heavy atom. The van der Waals surface area contributed by atoms with Crippen molar-refractivity contribution in [3.63, 3.8) is 0 Å². The molecule has 1 aliphatic rings. The SMILES string of the molecule is N=C(N)NCCCC(=O)Nc1ccc(C[C@H](NC(=O)[C@@H]2COCN2S(=O)(=O)c2ccccc2)C(=O)O)cc1. The Balaban J connectivity index is 1.58. The Bertz CT molecular complexity index is 1250. The van der Waals surface area contributed by atoms with Gasteiger partial charge in [-0.1, -0.05) is 30.3 Å². The zero-order valence-electron chi connectivity index (χ0n) is 20.4. The van der Waals surface area contributed by atoms with Gasteiger partial charge in [-0.05, 0) is 36.2 Å².